The van der Waals surface area contributed by atoms with Gasteiger partial charge in [0.1, 0.15) is 55.6 Å². The Morgan fingerprint density at radius 1 is 1.11 bits per heavy atom. The molecule has 2 aliphatic heterocycles. The SMILES string of the molecule is CO[C@@H]1C(C(=O)PCC(=O)CS)O[C@@H](O[C@@H]2C(NC(C)=O)[CH]OC(COCC(=O)O)[C@H]2O)C(O)[C@H]1O. The Morgan fingerprint density at radius 2 is 1.81 bits per heavy atom. The van der Waals surface area contributed by atoms with Crippen LogP contribution in [-0.2, 0) is 42.9 Å². The number of hydrogen-bond donors (Lipinski definition) is 6. The van der Waals surface area contributed by atoms with E-state index in [1.54, 1.807) is 0 Å². The third-order valence-corrected chi connectivity index (χ3v) is 6.91. The standard InChI is InChI=1S/C20H31NO13PS/c1-8(22)21-10-3-32-11(4-31-5-12(24)25)13(26)16(10)33-20-15(28)14(27)17(30-2)18(34-20)19(29)35-6-9(23)7-36/h3,10-11,13-18,20,26-28,35-36H,4-7H2,1-2H3,(H,21,22)(H,24,25)/t10?,11?,13-,14-,15?,16-,17+,18?,20-/m1/s1. The van der Waals surface area contributed by atoms with Crippen LogP contribution >= 0.6 is 21.2 Å². The summed E-state index contributed by atoms with van der Waals surface area (Å²) in [6, 6.07) is -1.05. The van der Waals surface area contributed by atoms with E-state index in [0.29, 0.717) is 0 Å². The van der Waals surface area contributed by atoms with Crippen LogP contribution in [0, 0.1) is 6.61 Å². The van der Waals surface area contributed by atoms with Gasteiger partial charge in [-0.25, -0.2) is 4.79 Å². The third kappa shape index (κ3) is 8.38. The number of rotatable bonds is 13. The van der Waals surface area contributed by atoms with Gasteiger partial charge in [0.25, 0.3) is 0 Å². The highest BCUT2D eigenvalue weighted by atomic mass is 32.1. The normalized spacial score (nSPS) is 35.0. The monoisotopic (exact) mass is 556 g/mol. The number of amides is 1. The number of carboxylic acids is 1. The lowest BCUT2D eigenvalue weighted by atomic mass is 9.96. The van der Waals surface area contributed by atoms with Gasteiger partial charge in [-0.05, 0) is 8.58 Å². The summed E-state index contributed by atoms with van der Waals surface area (Å²) in [5.41, 5.74) is -0.561. The molecule has 36 heavy (non-hydrogen) atoms. The van der Waals surface area contributed by atoms with Gasteiger partial charge in [-0.15, -0.1) is 0 Å². The average Bonchev–Trinajstić information content (AvgIpc) is 2.82. The van der Waals surface area contributed by atoms with Crippen molar-refractivity contribution < 1.29 is 63.3 Å². The first kappa shape index (κ1) is 31.0. The van der Waals surface area contributed by atoms with Crippen LogP contribution in [0.1, 0.15) is 6.92 Å². The number of thiol groups is 1. The molecular formula is C20H31NO13PS. The molecule has 0 saturated carbocycles. The summed E-state index contributed by atoms with van der Waals surface area (Å²) in [4.78, 5) is 46.7. The Labute approximate surface area is 214 Å². The summed E-state index contributed by atoms with van der Waals surface area (Å²) in [7, 11) is 0.692. The molecule has 2 heterocycles. The van der Waals surface area contributed by atoms with E-state index in [4.69, 9.17) is 28.8 Å². The minimum atomic E-state index is -1.73. The minimum absolute atomic E-state index is 0.0490. The molecule has 14 nitrogen and oxygen atoms in total. The quantitative estimate of drug-likeness (QED) is 0.0993. The molecule has 2 fully saturated rings. The molecule has 0 bridgehead atoms. The highest BCUT2D eigenvalue weighted by molar-refractivity contribution is 7.81. The van der Waals surface area contributed by atoms with Crippen LogP contribution in [0.2, 0.25) is 0 Å². The Kier molecular flexibility index (Phi) is 12.6. The highest BCUT2D eigenvalue weighted by Crippen LogP contribution is 2.32. The predicted octanol–water partition coefficient (Wildman–Crippen LogP) is -2.94. The fourth-order valence-corrected chi connectivity index (χ4v) is 4.86. The molecule has 0 aromatic rings. The lowest BCUT2D eigenvalue weighted by Crippen LogP contribution is -2.65. The number of methoxy groups -OCH3 is 1. The maximum absolute atomic E-state index is 12.8. The van der Waals surface area contributed by atoms with E-state index in [0.717, 1.165) is 6.61 Å². The largest absolute Gasteiger partial charge is 0.480 e. The van der Waals surface area contributed by atoms with Crippen LogP contribution in [0.15, 0.2) is 0 Å². The summed E-state index contributed by atoms with van der Waals surface area (Å²) < 4.78 is 26.9. The first-order valence-corrected chi connectivity index (χ1v) is 12.7. The number of hydrogen-bond acceptors (Lipinski definition) is 13. The summed E-state index contributed by atoms with van der Waals surface area (Å²) in [6.07, 6.45) is -11.7. The van der Waals surface area contributed by atoms with Crippen LogP contribution in [0.3, 0.4) is 0 Å². The zero-order valence-electron chi connectivity index (χ0n) is 19.5. The molecule has 2 aliphatic rings. The van der Waals surface area contributed by atoms with Crippen LogP contribution in [0.25, 0.3) is 0 Å². The van der Waals surface area contributed by atoms with Gasteiger partial charge in [0.05, 0.1) is 12.6 Å². The lowest BCUT2D eigenvalue weighted by Gasteiger charge is -2.45. The van der Waals surface area contributed by atoms with E-state index in [2.05, 4.69) is 17.9 Å². The van der Waals surface area contributed by atoms with Gasteiger partial charge >= 0.3 is 5.97 Å². The second-order valence-electron chi connectivity index (χ2n) is 8.06. The van der Waals surface area contributed by atoms with Gasteiger partial charge in [0.2, 0.25) is 5.91 Å². The van der Waals surface area contributed by atoms with Gasteiger partial charge in [0, 0.05) is 25.9 Å². The van der Waals surface area contributed by atoms with Gasteiger partial charge in [-0.2, -0.15) is 12.6 Å². The fraction of sp³-hybridized carbons (Fsp3) is 0.750. The summed E-state index contributed by atoms with van der Waals surface area (Å²) in [5.74, 6) is -2.06. The molecule has 0 aromatic carbocycles. The molecular weight excluding hydrogens is 525 g/mol. The first-order valence-electron chi connectivity index (χ1n) is 10.8. The number of aliphatic carboxylic acids is 1. The molecule has 205 valence electrons. The Morgan fingerprint density at radius 3 is 2.39 bits per heavy atom. The number of carbonyl (C=O) groups excluding carboxylic acids is 3. The maximum atomic E-state index is 12.8. The zero-order valence-corrected chi connectivity index (χ0v) is 21.4. The van der Waals surface area contributed by atoms with E-state index in [1.807, 2.05) is 0 Å². The minimum Gasteiger partial charge on any atom is -0.480 e. The summed E-state index contributed by atoms with van der Waals surface area (Å²) in [5, 5.41) is 43.2. The molecule has 0 spiro atoms. The second kappa shape index (κ2) is 14.6. The molecule has 0 aliphatic carbocycles. The van der Waals surface area contributed by atoms with E-state index in [1.165, 1.54) is 14.0 Å². The number of ether oxygens (including phenoxy) is 5. The number of Topliss-reactive ketones (excluding diaryl/α,β-unsaturated/α-hetero) is 1. The Bertz CT molecular complexity index is 789. The first-order chi connectivity index (χ1) is 17.0. The highest BCUT2D eigenvalue weighted by Gasteiger charge is 2.51. The summed E-state index contributed by atoms with van der Waals surface area (Å²) >= 11 is 3.86. The molecule has 5 unspecified atom stereocenters. The lowest BCUT2D eigenvalue weighted by molar-refractivity contribution is -0.318. The fourth-order valence-electron chi connectivity index (χ4n) is 3.60. The van der Waals surface area contributed by atoms with Gasteiger partial charge in [-0.3, -0.25) is 14.4 Å². The van der Waals surface area contributed by atoms with E-state index < -0.39 is 87.6 Å². The van der Waals surface area contributed by atoms with Crippen molar-refractivity contribution in [1.82, 2.24) is 5.32 Å². The number of carboxylic acid groups (broad SMARTS) is 1. The van der Waals surface area contributed by atoms with Crippen LogP contribution in [0.5, 0.6) is 0 Å². The van der Waals surface area contributed by atoms with E-state index >= 15 is 0 Å². The van der Waals surface area contributed by atoms with Crippen molar-refractivity contribution in [1.29, 1.82) is 0 Å². The van der Waals surface area contributed by atoms with Crippen LogP contribution in [0.4, 0.5) is 0 Å². The van der Waals surface area contributed by atoms with Gasteiger partial charge in [0.15, 0.2) is 17.9 Å². The van der Waals surface area contributed by atoms with Crippen molar-refractivity contribution in [3.8, 4) is 0 Å². The molecule has 2 saturated heterocycles. The second-order valence-corrected chi connectivity index (χ2v) is 9.57. The average molecular weight is 557 g/mol. The summed E-state index contributed by atoms with van der Waals surface area (Å²) in [6.45, 7) is 1.35. The number of carbonyl (C=O) groups is 4. The molecule has 5 N–H and O–H groups in total. The molecule has 10 atom stereocenters. The smallest absolute Gasteiger partial charge is 0.329 e. The van der Waals surface area contributed by atoms with Crippen molar-refractivity contribution in [3.05, 3.63) is 6.61 Å². The number of ketones is 1. The van der Waals surface area contributed by atoms with Crippen molar-refractivity contribution in [3.63, 3.8) is 0 Å². The predicted molar refractivity (Wildman–Crippen MR) is 125 cm³/mol. The van der Waals surface area contributed by atoms with Crippen LogP contribution in [-0.4, -0.2) is 131 Å². The number of nitrogens with one attached hydrogen (secondary N) is 1. The molecule has 1 amide bonds. The van der Waals surface area contributed by atoms with Crippen molar-refractivity contribution in [2.75, 3.05) is 32.2 Å². The molecule has 2 rings (SSSR count). The number of aliphatic hydroxyl groups excluding tert-OH is 3. The zero-order chi connectivity index (χ0) is 27.0. The Hall–Kier alpha value is -1.26. The maximum Gasteiger partial charge on any atom is 0.329 e. The number of aliphatic hydroxyl groups is 3. The van der Waals surface area contributed by atoms with Gasteiger partial charge < -0.3 is 49.4 Å². The van der Waals surface area contributed by atoms with Crippen LogP contribution < -0.4 is 5.32 Å². The van der Waals surface area contributed by atoms with E-state index in [9.17, 15) is 34.5 Å². The topological polar surface area (TPSA) is 207 Å². The van der Waals surface area contributed by atoms with Crippen molar-refractivity contribution in [2.45, 2.75) is 62.0 Å². The molecule has 1 radical (unpaired) electrons. The Balaban J connectivity index is 2.20. The van der Waals surface area contributed by atoms with E-state index in [-0.39, 0.29) is 24.3 Å². The third-order valence-electron chi connectivity index (χ3n) is 5.35. The molecule has 16 heteroatoms. The van der Waals surface area contributed by atoms with Crippen molar-refractivity contribution >= 4 is 44.4 Å². The van der Waals surface area contributed by atoms with Gasteiger partial charge in [-0.1, -0.05) is 0 Å². The van der Waals surface area contributed by atoms with Crippen molar-refractivity contribution in [2.24, 2.45) is 0 Å². The molecule has 0 aromatic heterocycles.